The summed E-state index contributed by atoms with van der Waals surface area (Å²) in [5.41, 5.74) is 1.25. The van der Waals surface area contributed by atoms with Gasteiger partial charge in [0, 0.05) is 14.1 Å². The van der Waals surface area contributed by atoms with Gasteiger partial charge in [-0.05, 0) is 30.2 Å². The molecule has 25 heavy (non-hydrogen) atoms. The zero-order chi connectivity index (χ0) is 17.8. The summed E-state index contributed by atoms with van der Waals surface area (Å²) in [5, 5.41) is 17.5. The van der Waals surface area contributed by atoms with Gasteiger partial charge < -0.3 is 15.2 Å². The van der Waals surface area contributed by atoms with E-state index in [1.54, 1.807) is 7.05 Å². The van der Waals surface area contributed by atoms with E-state index in [1.807, 2.05) is 18.5 Å². The van der Waals surface area contributed by atoms with Crippen molar-refractivity contribution in [2.24, 2.45) is 12.0 Å². The van der Waals surface area contributed by atoms with Crippen molar-refractivity contribution in [3.8, 4) is 0 Å². The molecule has 1 heterocycles. The number of hydrogen-bond donors (Lipinski definition) is 2. The second-order valence-electron chi connectivity index (χ2n) is 6.08. The predicted octanol–water partition coefficient (Wildman–Crippen LogP) is 2.70. The number of aryl methyl sites for hydroxylation is 1. The van der Waals surface area contributed by atoms with E-state index in [0.29, 0.717) is 6.54 Å². The molecule has 0 saturated carbocycles. The Labute approximate surface area is 148 Å². The molecule has 0 saturated heterocycles. The lowest BCUT2D eigenvalue weighted by Gasteiger charge is -2.19. The lowest BCUT2D eigenvalue weighted by Crippen LogP contribution is -2.38. The number of benzene rings is 2. The first kappa shape index (κ1) is 17.0. The van der Waals surface area contributed by atoms with E-state index in [2.05, 4.69) is 75.2 Å². The summed E-state index contributed by atoms with van der Waals surface area (Å²) in [6.07, 6.45) is 0. The van der Waals surface area contributed by atoms with E-state index in [4.69, 9.17) is 0 Å². The van der Waals surface area contributed by atoms with E-state index in [0.717, 1.165) is 17.6 Å². The number of rotatable bonds is 4. The zero-order valence-electron chi connectivity index (χ0n) is 15.1. The number of aliphatic imine (C=N–C) groups is 1. The molecule has 1 aromatic heterocycles. The molecule has 0 amide bonds. The van der Waals surface area contributed by atoms with Crippen LogP contribution < -0.4 is 10.6 Å². The smallest absolute Gasteiger partial charge is 0.191 e. The van der Waals surface area contributed by atoms with Crippen LogP contribution in [0.15, 0.2) is 47.5 Å². The molecule has 2 N–H and O–H groups in total. The van der Waals surface area contributed by atoms with Crippen molar-refractivity contribution in [1.82, 2.24) is 25.4 Å². The van der Waals surface area contributed by atoms with Crippen LogP contribution in [0.5, 0.6) is 0 Å². The van der Waals surface area contributed by atoms with Gasteiger partial charge >= 0.3 is 0 Å². The van der Waals surface area contributed by atoms with Crippen LogP contribution in [0.2, 0.25) is 0 Å². The number of nitrogens with one attached hydrogen (secondary N) is 2. The molecule has 6 heteroatoms. The SMILES string of the molecule is CN=C(NCc1nnc(C)n1C)NC(C)c1cccc2ccccc12. The number of hydrogen-bond acceptors (Lipinski definition) is 3. The molecule has 1 unspecified atom stereocenters. The lowest BCUT2D eigenvalue weighted by molar-refractivity contribution is 0.671. The van der Waals surface area contributed by atoms with E-state index in [-0.39, 0.29) is 6.04 Å². The molecule has 130 valence electrons. The summed E-state index contributed by atoms with van der Waals surface area (Å²) in [7, 11) is 3.73. The highest BCUT2D eigenvalue weighted by Crippen LogP contribution is 2.23. The van der Waals surface area contributed by atoms with Gasteiger partial charge in [0.05, 0.1) is 12.6 Å². The molecule has 0 aliphatic rings. The van der Waals surface area contributed by atoms with E-state index < -0.39 is 0 Å². The fourth-order valence-electron chi connectivity index (χ4n) is 2.87. The second-order valence-corrected chi connectivity index (χ2v) is 6.08. The van der Waals surface area contributed by atoms with Crippen LogP contribution in [0.4, 0.5) is 0 Å². The van der Waals surface area contributed by atoms with Crippen molar-refractivity contribution in [2.75, 3.05) is 7.05 Å². The second kappa shape index (κ2) is 7.34. The highest BCUT2D eigenvalue weighted by Gasteiger charge is 2.12. The topological polar surface area (TPSA) is 67.1 Å². The van der Waals surface area contributed by atoms with Crippen LogP contribution in [-0.2, 0) is 13.6 Å². The first-order valence-electron chi connectivity index (χ1n) is 8.40. The monoisotopic (exact) mass is 336 g/mol. The molecule has 0 aliphatic heterocycles. The van der Waals surface area contributed by atoms with Gasteiger partial charge in [-0.1, -0.05) is 42.5 Å². The Bertz CT molecular complexity index is 891. The Balaban J connectivity index is 1.72. The quantitative estimate of drug-likeness (QED) is 0.568. The minimum atomic E-state index is 0.124. The molecular weight excluding hydrogens is 312 g/mol. The van der Waals surface area contributed by atoms with Gasteiger partial charge in [-0.3, -0.25) is 4.99 Å². The predicted molar refractivity (Wildman–Crippen MR) is 101 cm³/mol. The summed E-state index contributed by atoms with van der Waals surface area (Å²) in [6.45, 7) is 4.65. The number of guanidine groups is 1. The molecule has 0 spiro atoms. The van der Waals surface area contributed by atoms with Crippen LogP contribution >= 0.6 is 0 Å². The van der Waals surface area contributed by atoms with Crippen molar-refractivity contribution in [2.45, 2.75) is 26.4 Å². The molecule has 0 radical (unpaired) electrons. The van der Waals surface area contributed by atoms with Gasteiger partial charge in [0.2, 0.25) is 0 Å². The van der Waals surface area contributed by atoms with Gasteiger partial charge in [-0.2, -0.15) is 0 Å². The molecule has 1 atom stereocenters. The highest BCUT2D eigenvalue weighted by molar-refractivity contribution is 5.87. The van der Waals surface area contributed by atoms with Crippen molar-refractivity contribution >= 4 is 16.7 Å². The third kappa shape index (κ3) is 3.63. The summed E-state index contributed by atoms with van der Waals surface area (Å²) in [5.74, 6) is 2.50. The summed E-state index contributed by atoms with van der Waals surface area (Å²) in [4.78, 5) is 4.32. The zero-order valence-corrected chi connectivity index (χ0v) is 15.1. The first-order chi connectivity index (χ1) is 12.1. The molecule has 3 rings (SSSR count). The van der Waals surface area contributed by atoms with Crippen LogP contribution in [0, 0.1) is 6.92 Å². The fourth-order valence-corrected chi connectivity index (χ4v) is 2.87. The number of aromatic nitrogens is 3. The lowest BCUT2D eigenvalue weighted by atomic mass is 10.00. The third-order valence-corrected chi connectivity index (χ3v) is 4.46. The van der Waals surface area contributed by atoms with Crippen molar-refractivity contribution in [3.05, 3.63) is 59.7 Å². The van der Waals surface area contributed by atoms with Gasteiger partial charge in [0.1, 0.15) is 5.82 Å². The van der Waals surface area contributed by atoms with Gasteiger partial charge in [-0.15, -0.1) is 10.2 Å². The maximum atomic E-state index is 4.32. The van der Waals surface area contributed by atoms with Crippen molar-refractivity contribution in [3.63, 3.8) is 0 Å². The Kier molecular flexibility index (Phi) is 4.97. The molecule has 0 bridgehead atoms. The van der Waals surface area contributed by atoms with Crippen molar-refractivity contribution in [1.29, 1.82) is 0 Å². The minimum Gasteiger partial charge on any atom is -0.350 e. The molecule has 3 aromatic rings. The van der Waals surface area contributed by atoms with Gasteiger partial charge in [0.15, 0.2) is 11.8 Å². The molecular formula is C19H24N6. The average Bonchev–Trinajstić information content (AvgIpc) is 2.96. The van der Waals surface area contributed by atoms with E-state index in [1.165, 1.54) is 16.3 Å². The maximum Gasteiger partial charge on any atom is 0.191 e. The minimum absolute atomic E-state index is 0.124. The molecule has 0 fully saturated rings. The number of nitrogens with zero attached hydrogens (tertiary/aromatic N) is 4. The fraction of sp³-hybridized carbons (Fsp3) is 0.316. The maximum absolute atomic E-state index is 4.32. The third-order valence-electron chi connectivity index (χ3n) is 4.46. The van der Waals surface area contributed by atoms with Crippen LogP contribution in [-0.4, -0.2) is 27.8 Å². The standard InChI is InChI=1S/C19H24N6/c1-13(16-11-7-9-15-8-5-6-10-17(15)16)22-19(20-3)21-12-18-24-23-14(2)25(18)4/h5-11,13H,12H2,1-4H3,(H2,20,21,22). The Morgan fingerprint density at radius 2 is 1.92 bits per heavy atom. The van der Waals surface area contributed by atoms with E-state index in [9.17, 15) is 0 Å². The van der Waals surface area contributed by atoms with Crippen LogP contribution in [0.3, 0.4) is 0 Å². The van der Waals surface area contributed by atoms with Gasteiger partial charge in [0.25, 0.3) is 0 Å². The molecule has 2 aromatic carbocycles. The normalized spacial score (nSPS) is 13.0. The summed E-state index contributed by atoms with van der Waals surface area (Å²) in [6, 6.07) is 14.9. The Morgan fingerprint density at radius 3 is 2.64 bits per heavy atom. The van der Waals surface area contributed by atoms with Crippen LogP contribution in [0.25, 0.3) is 10.8 Å². The largest absolute Gasteiger partial charge is 0.350 e. The number of fused-ring (bicyclic) bond motifs is 1. The summed E-state index contributed by atoms with van der Waals surface area (Å²) >= 11 is 0. The first-order valence-corrected chi connectivity index (χ1v) is 8.40. The van der Waals surface area contributed by atoms with Crippen molar-refractivity contribution < 1.29 is 0 Å². The Morgan fingerprint density at radius 1 is 1.16 bits per heavy atom. The summed E-state index contributed by atoms with van der Waals surface area (Å²) < 4.78 is 1.97. The highest BCUT2D eigenvalue weighted by atomic mass is 15.3. The average molecular weight is 336 g/mol. The molecule has 6 nitrogen and oxygen atoms in total. The van der Waals surface area contributed by atoms with Crippen LogP contribution in [0.1, 0.15) is 30.2 Å². The molecule has 0 aliphatic carbocycles. The Hall–Kier alpha value is -2.89. The van der Waals surface area contributed by atoms with E-state index >= 15 is 0 Å². The van der Waals surface area contributed by atoms with Gasteiger partial charge in [-0.25, -0.2) is 0 Å².